The molecule has 0 aliphatic heterocycles. The van der Waals surface area contributed by atoms with Gasteiger partial charge in [0.2, 0.25) is 0 Å². The predicted molar refractivity (Wildman–Crippen MR) is 68.0 cm³/mol. The van der Waals surface area contributed by atoms with Gasteiger partial charge in [-0.3, -0.25) is 9.59 Å². The van der Waals surface area contributed by atoms with E-state index in [0.29, 0.717) is 25.9 Å². The molecular formula is C14H24O4. The zero-order valence-electron chi connectivity index (χ0n) is 11.8. The van der Waals surface area contributed by atoms with Crippen LogP contribution in [-0.4, -0.2) is 29.6 Å². The van der Waals surface area contributed by atoms with E-state index < -0.39 is 22.9 Å². The van der Waals surface area contributed by atoms with E-state index in [0.717, 1.165) is 6.42 Å². The Morgan fingerprint density at radius 3 is 2.28 bits per heavy atom. The molecule has 1 aliphatic rings. The van der Waals surface area contributed by atoms with Gasteiger partial charge in [-0.1, -0.05) is 13.8 Å². The molecule has 0 radical (unpaired) electrons. The number of Topliss-reactive ketones (excluding diaryl/α,β-unsaturated/α-hetero) is 1. The molecule has 0 aromatic heterocycles. The van der Waals surface area contributed by atoms with Crippen molar-refractivity contribution in [2.45, 2.75) is 59.5 Å². The molecule has 1 aliphatic carbocycles. The Kier molecular flexibility index (Phi) is 4.54. The molecule has 104 valence electrons. The number of aliphatic hydroxyl groups is 1. The molecule has 0 saturated heterocycles. The van der Waals surface area contributed by atoms with Crippen LogP contribution in [0.15, 0.2) is 0 Å². The zero-order chi connectivity index (χ0) is 14.0. The van der Waals surface area contributed by atoms with Crippen molar-refractivity contribution in [3.05, 3.63) is 0 Å². The van der Waals surface area contributed by atoms with Crippen LogP contribution in [0.25, 0.3) is 0 Å². The topological polar surface area (TPSA) is 63.6 Å². The van der Waals surface area contributed by atoms with Crippen LogP contribution in [0.2, 0.25) is 0 Å². The van der Waals surface area contributed by atoms with Crippen molar-refractivity contribution in [1.82, 2.24) is 0 Å². The van der Waals surface area contributed by atoms with Gasteiger partial charge in [0.05, 0.1) is 23.5 Å². The van der Waals surface area contributed by atoms with Crippen LogP contribution in [0.3, 0.4) is 0 Å². The minimum atomic E-state index is -0.955. The van der Waals surface area contributed by atoms with Gasteiger partial charge in [0.1, 0.15) is 5.78 Å². The number of aliphatic hydroxyl groups excluding tert-OH is 1. The molecule has 1 rings (SSSR count). The third kappa shape index (κ3) is 2.30. The Balaban J connectivity index is 2.92. The number of hydrogen-bond acceptors (Lipinski definition) is 4. The summed E-state index contributed by atoms with van der Waals surface area (Å²) in [5, 5.41) is 10.4. The van der Waals surface area contributed by atoms with Gasteiger partial charge in [-0.25, -0.2) is 0 Å². The zero-order valence-corrected chi connectivity index (χ0v) is 11.8. The first-order valence-electron chi connectivity index (χ1n) is 6.71. The normalized spacial score (nSPS) is 35.5. The van der Waals surface area contributed by atoms with Crippen molar-refractivity contribution in [1.29, 1.82) is 0 Å². The fourth-order valence-electron chi connectivity index (χ4n) is 2.81. The monoisotopic (exact) mass is 256 g/mol. The lowest BCUT2D eigenvalue weighted by Crippen LogP contribution is -2.46. The largest absolute Gasteiger partial charge is 0.465 e. The Morgan fingerprint density at radius 1 is 1.22 bits per heavy atom. The number of carbonyl (C=O) groups is 2. The summed E-state index contributed by atoms with van der Waals surface area (Å²) < 4.78 is 5.02. The van der Waals surface area contributed by atoms with Crippen molar-refractivity contribution < 1.29 is 19.4 Å². The lowest BCUT2D eigenvalue weighted by atomic mass is 9.75. The maximum absolute atomic E-state index is 12.1. The molecular weight excluding hydrogens is 232 g/mol. The quantitative estimate of drug-likeness (QED) is 0.765. The minimum absolute atomic E-state index is 0.0468. The highest BCUT2D eigenvalue weighted by molar-refractivity contribution is 5.88. The second-order valence-corrected chi connectivity index (χ2v) is 5.63. The first kappa shape index (κ1) is 15.2. The molecule has 3 atom stereocenters. The van der Waals surface area contributed by atoms with Crippen LogP contribution < -0.4 is 0 Å². The molecule has 0 aromatic carbocycles. The van der Waals surface area contributed by atoms with E-state index in [-0.39, 0.29) is 5.78 Å². The molecule has 1 N–H and O–H groups in total. The second kappa shape index (κ2) is 5.39. The SMILES string of the molecule is CCCC(=O)C1(C)CCC(C)(C(=O)OCC)C1O. The molecule has 3 unspecified atom stereocenters. The number of esters is 1. The maximum atomic E-state index is 12.1. The third-order valence-electron chi connectivity index (χ3n) is 4.23. The summed E-state index contributed by atoms with van der Waals surface area (Å²) in [5.74, 6) is -0.351. The van der Waals surface area contributed by atoms with Crippen molar-refractivity contribution in [3.63, 3.8) is 0 Å². The third-order valence-corrected chi connectivity index (χ3v) is 4.23. The van der Waals surface area contributed by atoms with Gasteiger partial charge < -0.3 is 9.84 Å². The van der Waals surface area contributed by atoms with E-state index in [1.54, 1.807) is 20.8 Å². The summed E-state index contributed by atoms with van der Waals surface area (Å²) in [7, 11) is 0. The summed E-state index contributed by atoms with van der Waals surface area (Å²) in [6.45, 7) is 7.43. The summed E-state index contributed by atoms with van der Waals surface area (Å²) >= 11 is 0. The van der Waals surface area contributed by atoms with E-state index in [9.17, 15) is 14.7 Å². The van der Waals surface area contributed by atoms with E-state index >= 15 is 0 Å². The Labute approximate surface area is 109 Å². The molecule has 1 fully saturated rings. The molecule has 0 aromatic rings. The molecule has 0 spiro atoms. The number of carbonyl (C=O) groups excluding carboxylic acids is 2. The van der Waals surface area contributed by atoms with Crippen molar-refractivity contribution in [2.24, 2.45) is 10.8 Å². The van der Waals surface area contributed by atoms with Crippen molar-refractivity contribution >= 4 is 11.8 Å². The van der Waals surface area contributed by atoms with Crippen LogP contribution in [-0.2, 0) is 14.3 Å². The van der Waals surface area contributed by atoms with Crippen LogP contribution in [0.4, 0.5) is 0 Å². The highest BCUT2D eigenvalue weighted by Gasteiger charge is 2.58. The molecule has 4 heteroatoms. The molecule has 0 heterocycles. The van der Waals surface area contributed by atoms with Gasteiger partial charge in [0.25, 0.3) is 0 Å². The van der Waals surface area contributed by atoms with Crippen molar-refractivity contribution in [2.75, 3.05) is 6.61 Å². The number of ether oxygens (including phenoxy) is 1. The smallest absolute Gasteiger partial charge is 0.314 e. The molecule has 1 saturated carbocycles. The van der Waals surface area contributed by atoms with Gasteiger partial charge in [-0.2, -0.15) is 0 Å². The molecule has 18 heavy (non-hydrogen) atoms. The highest BCUT2D eigenvalue weighted by Crippen LogP contribution is 2.51. The number of ketones is 1. The van der Waals surface area contributed by atoms with E-state index in [4.69, 9.17) is 4.74 Å². The Morgan fingerprint density at radius 2 is 1.78 bits per heavy atom. The van der Waals surface area contributed by atoms with Crippen molar-refractivity contribution in [3.8, 4) is 0 Å². The van der Waals surface area contributed by atoms with Crippen LogP contribution in [0, 0.1) is 10.8 Å². The fourth-order valence-corrected chi connectivity index (χ4v) is 2.81. The number of rotatable bonds is 5. The maximum Gasteiger partial charge on any atom is 0.314 e. The summed E-state index contributed by atoms with van der Waals surface area (Å²) in [6.07, 6.45) is 1.30. The molecule has 0 bridgehead atoms. The van der Waals surface area contributed by atoms with E-state index in [2.05, 4.69) is 0 Å². The first-order valence-corrected chi connectivity index (χ1v) is 6.71. The lowest BCUT2D eigenvalue weighted by Gasteiger charge is -2.33. The van der Waals surface area contributed by atoms with E-state index in [1.807, 2.05) is 6.92 Å². The second-order valence-electron chi connectivity index (χ2n) is 5.63. The van der Waals surface area contributed by atoms with Gasteiger partial charge in [-0.15, -0.1) is 0 Å². The fraction of sp³-hybridized carbons (Fsp3) is 0.857. The minimum Gasteiger partial charge on any atom is -0.465 e. The molecule has 0 amide bonds. The number of hydrogen-bond donors (Lipinski definition) is 1. The summed E-state index contributed by atoms with van der Waals surface area (Å²) in [5.41, 5.74) is -1.76. The highest BCUT2D eigenvalue weighted by atomic mass is 16.5. The van der Waals surface area contributed by atoms with Gasteiger partial charge in [0.15, 0.2) is 0 Å². The lowest BCUT2D eigenvalue weighted by molar-refractivity contribution is -0.163. The Hall–Kier alpha value is -0.900. The molecule has 4 nitrogen and oxygen atoms in total. The van der Waals surface area contributed by atoms with Crippen LogP contribution in [0.5, 0.6) is 0 Å². The van der Waals surface area contributed by atoms with Gasteiger partial charge in [0, 0.05) is 6.42 Å². The first-order chi connectivity index (χ1) is 8.32. The van der Waals surface area contributed by atoms with E-state index in [1.165, 1.54) is 0 Å². The van der Waals surface area contributed by atoms with Gasteiger partial charge >= 0.3 is 5.97 Å². The van der Waals surface area contributed by atoms with Gasteiger partial charge in [-0.05, 0) is 33.1 Å². The standard InChI is InChI=1S/C14H24O4/c1-5-7-10(15)13(3)8-9-14(4,11(13)16)12(17)18-6-2/h11,16H,5-9H2,1-4H3. The average molecular weight is 256 g/mol. The summed E-state index contributed by atoms with van der Waals surface area (Å²) in [4.78, 5) is 24.1. The average Bonchev–Trinajstić information content (AvgIpc) is 2.57. The Bertz CT molecular complexity index is 307. The predicted octanol–water partition coefficient (Wildman–Crippen LogP) is 2.09. The summed E-state index contributed by atoms with van der Waals surface area (Å²) in [6, 6.07) is 0. The van der Waals surface area contributed by atoms with Crippen LogP contribution >= 0.6 is 0 Å². The van der Waals surface area contributed by atoms with Crippen LogP contribution in [0.1, 0.15) is 53.4 Å².